The van der Waals surface area contributed by atoms with Crippen LogP contribution in [0.3, 0.4) is 0 Å². The fraction of sp³-hybridized carbons (Fsp3) is 0.625. The van der Waals surface area contributed by atoms with Gasteiger partial charge in [-0.3, -0.25) is 14.5 Å². The molecule has 1 amide bonds. The minimum absolute atomic E-state index is 0.00836. The van der Waals surface area contributed by atoms with Gasteiger partial charge in [0.25, 0.3) is 0 Å². The first-order valence-electron chi connectivity index (χ1n) is 18.7. The normalized spacial score (nSPS) is 24.9. The minimum atomic E-state index is -0.632. The summed E-state index contributed by atoms with van der Waals surface area (Å²) < 4.78 is 29.0. The molecule has 2 aromatic rings. The van der Waals surface area contributed by atoms with Crippen LogP contribution in [-0.2, 0) is 30.3 Å². The first kappa shape index (κ1) is 36.2. The molecule has 0 unspecified atom stereocenters. The van der Waals surface area contributed by atoms with Gasteiger partial charge >= 0.3 is 5.97 Å². The standard InChI is InChI=1S/C40H54N2O8/c1-46-37-18-14-28(26-38(37)47-2)13-17-36(29-8-7-9-30(27-29)49-25-22-41-20-23-48-24-21-41)50-40(45)34-12-5-6-19-42(34)39(44)33-15-16-35(43)32-11-4-3-10-31(32)33/h7-9,14,18,26-27,31-34,36H,3-6,10-13,15-17,19-25H2,1-2H3/t31-,32-,33-,34+,36-/m1/s1. The number of Topliss-reactive ketones (excluding diaryl/α,β-unsaturated/α-hetero) is 1. The lowest BCUT2D eigenvalue weighted by Crippen LogP contribution is -2.53. The fourth-order valence-corrected chi connectivity index (χ4v) is 8.47. The zero-order valence-electron chi connectivity index (χ0n) is 29.8. The van der Waals surface area contributed by atoms with Gasteiger partial charge in [-0.2, -0.15) is 0 Å². The number of nitrogens with zero attached hydrogens (tertiary/aromatic N) is 2. The zero-order chi connectivity index (χ0) is 34.9. The average molecular weight is 691 g/mol. The molecular weight excluding hydrogens is 636 g/mol. The van der Waals surface area contributed by atoms with E-state index in [1.165, 1.54) is 0 Å². The third-order valence-electron chi connectivity index (χ3n) is 11.2. The van der Waals surface area contributed by atoms with Crippen LogP contribution < -0.4 is 14.2 Å². The lowest BCUT2D eigenvalue weighted by Gasteiger charge is -2.43. The number of hydrogen-bond acceptors (Lipinski definition) is 9. The van der Waals surface area contributed by atoms with Gasteiger partial charge in [-0.25, -0.2) is 4.79 Å². The third-order valence-corrected chi connectivity index (χ3v) is 11.2. The largest absolute Gasteiger partial charge is 0.493 e. The molecule has 2 aliphatic heterocycles. The minimum Gasteiger partial charge on any atom is -0.493 e. The summed E-state index contributed by atoms with van der Waals surface area (Å²) in [6.07, 6.45) is 7.88. The van der Waals surface area contributed by atoms with Crippen molar-refractivity contribution < 1.29 is 38.1 Å². The highest BCUT2D eigenvalue weighted by Crippen LogP contribution is 2.43. The Morgan fingerprint density at radius 1 is 0.900 bits per heavy atom. The maximum Gasteiger partial charge on any atom is 0.329 e. The van der Waals surface area contributed by atoms with E-state index in [0.29, 0.717) is 62.5 Å². The van der Waals surface area contributed by atoms with Crippen molar-refractivity contribution in [3.63, 3.8) is 0 Å². The van der Waals surface area contributed by atoms with Crippen molar-refractivity contribution in [3.05, 3.63) is 53.6 Å². The number of piperidine rings is 1. The first-order valence-corrected chi connectivity index (χ1v) is 18.7. The van der Waals surface area contributed by atoms with Gasteiger partial charge in [-0.15, -0.1) is 0 Å². The topological polar surface area (TPSA) is 104 Å². The summed E-state index contributed by atoms with van der Waals surface area (Å²) in [5, 5.41) is 0. The van der Waals surface area contributed by atoms with Crippen LogP contribution in [0.25, 0.3) is 0 Å². The van der Waals surface area contributed by atoms with Gasteiger partial charge in [0.05, 0.1) is 27.4 Å². The smallest absolute Gasteiger partial charge is 0.329 e. The Bertz CT molecular complexity index is 1460. The number of likely N-dealkylation sites (tertiary alicyclic amines) is 1. The Kier molecular flexibility index (Phi) is 12.7. The number of carbonyl (C=O) groups is 3. The number of ketones is 1. The molecule has 2 aliphatic carbocycles. The lowest BCUT2D eigenvalue weighted by atomic mass is 9.64. The lowest BCUT2D eigenvalue weighted by molar-refractivity contribution is -0.165. The fourth-order valence-electron chi connectivity index (χ4n) is 8.47. The summed E-state index contributed by atoms with van der Waals surface area (Å²) in [5.41, 5.74) is 1.89. The number of rotatable bonds is 13. The summed E-state index contributed by atoms with van der Waals surface area (Å²) in [5.74, 6) is 1.92. The number of fused-ring (bicyclic) bond motifs is 1. The molecule has 2 saturated carbocycles. The molecule has 272 valence electrons. The van der Waals surface area contributed by atoms with Gasteiger partial charge in [-0.05, 0) is 92.7 Å². The number of benzene rings is 2. The molecule has 4 aliphatic rings. The van der Waals surface area contributed by atoms with Crippen LogP contribution in [-0.4, -0.2) is 93.7 Å². The van der Waals surface area contributed by atoms with Crippen molar-refractivity contribution in [1.82, 2.24) is 9.80 Å². The molecule has 0 bridgehead atoms. The van der Waals surface area contributed by atoms with Crippen LogP contribution in [0.1, 0.15) is 81.4 Å². The molecule has 4 fully saturated rings. The molecular formula is C40H54N2O8. The molecule has 5 atom stereocenters. The summed E-state index contributed by atoms with van der Waals surface area (Å²) in [4.78, 5) is 45.3. The zero-order valence-corrected chi connectivity index (χ0v) is 29.8. The van der Waals surface area contributed by atoms with Gasteiger partial charge in [0, 0.05) is 44.4 Å². The van der Waals surface area contributed by atoms with Gasteiger partial charge in [-0.1, -0.05) is 31.0 Å². The number of morpholine rings is 1. The maximum absolute atomic E-state index is 14.2. The van der Waals surface area contributed by atoms with E-state index in [2.05, 4.69) is 4.90 Å². The van der Waals surface area contributed by atoms with E-state index in [9.17, 15) is 14.4 Å². The molecule has 10 nitrogen and oxygen atoms in total. The molecule has 50 heavy (non-hydrogen) atoms. The second-order valence-electron chi connectivity index (χ2n) is 14.2. The van der Waals surface area contributed by atoms with Crippen molar-refractivity contribution in [2.75, 3.05) is 60.2 Å². The van der Waals surface area contributed by atoms with E-state index in [1.807, 2.05) is 42.5 Å². The quantitative estimate of drug-likeness (QED) is 0.242. The number of hydrogen-bond donors (Lipinski definition) is 0. The number of esters is 1. The Balaban J connectivity index is 1.18. The number of methoxy groups -OCH3 is 2. The van der Waals surface area contributed by atoms with Crippen LogP contribution in [0.2, 0.25) is 0 Å². The summed E-state index contributed by atoms with van der Waals surface area (Å²) in [6, 6.07) is 13.0. The highest BCUT2D eigenvalue weighted by molar-refractivity contribution is 5.89. The van der Waals surface area contributed by atoms with E-state index in [1.54, 1.807) is 19.1 Å². The Morgan fingerprint density at radius 2 is 1.70 bits per heavy atom. The van der Waals surface area contributed by atoms with E-state index < -0.39 is 12.1 Å². The first-order chi connectivity index (χ1) is 24.4. The van der Waals surface area contributed by atoms with Gasteiger partial charge in [0.1, 0.15) is 30.3 Å². The number of carbonyl (C=O) groups excluding carboxylic acids is 3. The highest BCUT2D eigenvalue weighted by atomic mass is 16.5. The van der Waals surface area contributed by atoms with Crippen LogP contribution in [0.4, 0.5) is 0 Å². The van der Waals surface area contributed by atoms with Crippen LogP contribution in [0.5, 0.6) is 17.2 Å². The van der Waals surface area contributed by atoms with Gasteiger partial charge in [0.15, 0.2) is 11.5 Å². The molecule has 2 aromatic carbocycles. The molecule has 0 spiro atoms. The average Bonchev–Trinajstić information content (AvgIpc) is 3.16. The number of aryl methyl sites for hydroxylation is 1. The molecule has 0 aromatic heterocycles. The van der Waals surface area contributed by atoms with E-state index in [-0.39, 0.29) is 29.6 Å². The van der Waals surface area contributed by atoms with Crippen molar-refractivity contribution in [2.45, 2.75) is 82.8 Å². The van der Waals surface area contributed by atoms with Crippen molar-refractivity contribution >= 4 is 17.7 Å². The van der Waals surface area contributed by atoms with Gasteiger partial charge < -0.3 is 28.6 Å². The molecule has 0 radical (unpaired) electrons. The van der Waals surface area contributed by atoms with Crippen molar-refractivity contribution in [3.8, 4) is 17.2 Å². The van der Waals surface area contributed by atoms with Crippen molar-refractivity contribution in [1.29, 1.82) is 0 Å². The monoisotopic (exact) mass is 690 g/mol. The van der Waals surface area contributed by atoms with E-state index in [0.717, 1.165) is 88.2 Å². The number of amides is 1. The maximum atomic E-state index is 14.2. The molecule has 2 saturated heterocycles. The second kappa shape index (κ2) is 17.5. The number of ether oxygens (including phenoxy) is 5. The van der Waals surface area contributed by atoms with E-state index >= 15 is 0 Å². The van der Waals surface area contributed by atoms with Crippen LogP contribution in [0.15, 0.2) is 42.5 Å². The van der Waals surface area contributed by atoms with Gasteiger partial charge in [0.2, 0.25) is 5.91 Å². The summed E-state index contributed by atoms with van der Waals surface area (Å²) in [7, 11) is 3.23. The summed E-state index contributed by atoms with van der Waals surface area (Å²) >= 11 is 0. The molecule has 10 heteroatoms. The highest BCUT2D eigenvalue weighted by Gasteiger charge is 2.46. The Hall–Kier alpha value is -3.63. The molecule has 0 N–H and O–H groups in total. The molecule has 2 heterocycles. The van der Waals surface area contributed by atoms with Crippen LogP contribution >= 0.6 is 0 Å². The molecule has 6 rings (SSSR count). The SMILES string of the molecule is COc1ccc(CC[C@@H](OC(=O)[C@@H]2CCCCN2C(=O)[C@@H]2CCC(=O)[C@@H]3CCCC[C@H]32)c2cccc(OCCN3CCOCC3)c2)cc1OC. The van der Waals surface area contributed by atoms with Crippen molar-refractivity contribution in [2.24, 2.45) is 17.8 Å². The Labute approximate surface area is 296 Å². The second-order valence-corrected chi connectivity index (χ2v) is 14.2. The van der Waals surface area contributed by atoms with E-state index in [4.69, 9.17) is 23.7 Å². The predicted molar refractivity (Wildman–Crippen MR) is 188 cm³/mol. The Morgan fingerprint density at radius 3 is 2.52 bits per heavy atom. The third kappa shape index (κ3) is 8.80. The summed E-state index contributed by atoms with van der Waals surface area (Å²) in [6.45, 7) is 5.20. The predicted octanol–water partition coefficient (Wildman–Crippen LogP) is 5.80. The van der Waals surface area contributed by atoms with Crippen LogP contribution in [0, 0.1) is 17.8 Å².